The van der Waals surface area contributed by atoms with Crippen LogP contribution in [0, 0.1) is 56.7 Å². The van der Waals surface area contributed by atoms with Gasteiger partial charge < -0.3 is 9.47 Å². The molecule has 5 aliphatic rings. The summed E-state index contributed by atoms with van der Waals surface area (Å²) >= 11 is 0. The molecule has 0 bridgehead atoms. The Labute approximate surface area is 225 Å². The topological polar surface area (TPSA) is 52.6 Å². The molecule has 0 amide bonds. The maximum Gasteiger partial charge on any atom is 0.302 e. The molecule has 10 atom stereocenters. The summed E-state index contributed by atoms with van der Waals surface area (Å²) in [5.74, 6) is 2.76. The molecule has 4 nitrogen and oxygen atoms in total. The van der Waals surface area contributed by atoms with Crippen LogP contribution >= 0.6 is 0 Å². The lowest BCUT2D eigenvalue weighted by Crippen LogP contribution is -2.67. The molecule has 5 rings (SSSR count). The van der Waals surface area contributed by atoms with E-state index in [9.17, 15) is 9.59 Å². The van der Waals surface area contributed by atoms with Gasteiger partial charge in [-0.05, 0) is 110 Å². The number of carbonyl (C=O) groups is 2. The third-order valence-corrected chi connectivity index (χ3v) is 13.8. The van der Waals surface area contributed by atoms with Gasteiger partial charge in [0.15, 0.2) is 0 Å². The number of carbonyl (C=O) groups excluding carboxylic acids is 2. The van der Waals surface area contributed by atoms with E-state index in [2.05, 4.69) is 47.3 Å². The van der Waals surface area contributed by atoms with Crippen LogP contribution in [0.3, 0.4) is 0 Å². The number of allylic oxidation sites excluding steroid dienone is 1. The standard InChI is InChI=1S/C33H52O4/c1-9-23-12-17-33(20-36-21(2)34)19-18-31(7)24(28(23)33)10-11-26-30(6)15-14-27(37-22(3)35)29(4,5)25(30)13-16-32(26,31)8/h9,23-28H,1,10-20H2,2-8H3/t23-,24-,25-,26+,27+,28-,30+,31-,32+,33+/m1/s1. The predicted octanol–water partition coefficient (Wildman–Crippen LogP) is 7.75. The van der Waals surface area contributed by atoms with Crippen LogP contribution in [0.4, 0.5) is 0 Å². The van der Waals surface area contributed by atoms with E-state index in [-0.39, 0.29) is 39.7 Å². The molecule has 37 heavy (non-hydrogen) atoms. The van der Waals surface area contributed by atoms with E-state index < -0.39 is 0 Å². The molecule has 4 heteroatoms. The van der Waals surface area contributed by atoms with Gasteiger partial charge in [-0.3, -0.25) is 9.59 Å². The lowest BCUT2D eigenvalue weighted by Gasteiger charge is -2.73. The minimum Gasteiger partial charge on any atom is -0.465 e. The lowest BCUT2D eigenvalue weighted by molar-refractivity contribution is -0.251. The third kappa shape index (κ3) is 3.73. The van der Waals surface area contributed by atoms with Crippen LogP contribution in [-0.2, 0) is 19.1 Å². The summed E-state index contributed by atoms with van der Waals surface area (Å²) < 4.78 is 11.7. The Balaban J connectivity index is 1.48. The number of fused-ring (bicyclic) bond motifs is 7. The van der Waals surface area contributed by atoms with Crippen LogP contribution in [0.15, 0.2) is 12.7 Å². The Morgan fingerprint density at radius 3 is 2.19 bits per heavy atom. The molecule has 208 valence electrons. The first-order valence-corrected chi connectivity index (χ1v) is 15.2. The van der Waals surface area contributed by atoms with Crippen molar-refractivity contribution in [2.75, 3.05) is 6.61 Å². The van der Waals surface area contributed by atoms with Crippen molar-refractivity contribution in [2.24, 2.45) is 56.7 Å². The van der Waals surface area contributed by atoms with Gasteiger partial charge >= 0.3 is 11.9 Å². The highest BCUT2D eigenvalue weighted by Gasteiger charge is 2.71. The first-order chi connectivity index (χ1) is 17.2. The molecular weight excluding hydrogens is 460 g/mol. The number of ether oxygens (including phenoxy) is 2. The summed E-state index contributed by atoms with van der Waals surface area (Å²) in [6, 6.07) is 0. The van der Waals surface area contributed by atoms with Crippen molar-refractivity contribution in [3.05, 3.63) is 12.7 Å². The summed E-state index contributed by atoms with van der Waals surface area (Å²) in [5.41, 5.74) is 0.997. The average molecular weight is 513 g/mol. The zero-order valence-corrected chi connectivity index (χ0v) is 24.7. The van der Waals surface area contributed by atoms with Crippen molar-refractivity contribution in [3.63, 3.8) is 0 Å². The van der Waals surface area contributed by atoms with Gasteiger partial charge in [0, 0.05) is 24.7 Å². The maximum absolute atomic E-state index is 11.9. The average Bonchev–Trinajstić information content (AvgIpc) is 3.19. The van der Waals surface area contributed by atoms with E-state index in [1.165, 1.54) is 51.4 Å². The first kappa shape index (κ1) is 27.3. The molecule has 0 aromatic carbocycles. The van der Waals surface area contributed by atoms with Crippen LogP contribution in [0.25, 0.3) is 0 Å². The van der Waals surface area contributed by atoms with Gasteiger partial charge in [-0.1, -0.05) is 40.7 Å². The second kappa shape index (κ2) is 8.85. The summed E-state index contributed by atoms with van der Waals surface area (Å²) in [4.78, 5) is 23.8. The molecule has 0 saturated heterocycles. The second-order valence-corrected chi connectivity index (χ2v) is 15.2. The van der Waals surface area contributed by atoms with E-state index in [0.717, 1.165) is 12.8 Å². The minimum atomic E-state index is -0.141. The second-order valence-electron chi connectivity index (χ2n) is 15.2. The highest BCUT2D eigenvalue weighted by Crippen LogP contribution is 2.77. The van der Waals surface area contributed by atoms with E-state index in [1.807, 2.05) is 0 Å². The van der Waals surface area contributed by atoms with Crippen LogP contribution in [0.5, 0.6) is 0 Å². The molecule has 0 aromatic rings. The summed E-state index contributed by atoms with van der Waals surface area (Å²) in [6.45, 7) is 20.7. The van der Waals surface area contributed by atoms with Crippen molar-refractivity contribution in [2.45, 2.75) is 119 Å². The molecule has 0 heterocycles. The Kier molecular flexibility index (Phi) is 6.52. The highest BCUT2D eigenvalue weighted by molar-refractivity contribution is 5.66. The Morgan fingerprint density at radius 1 is 0.811 bits per heavy atom. The minimum absolute atomic E-state index is 0.00287. The van der Waals surface area contributed by atoms with Gasteiger partial charge in [-0.2, -0.15) is 0 Å². The fraction of sp³-hybridized carbons (Fsp3) is 0.879. The van der Waals surface area contributed by atoms with E-state index in [4.69, 9.17) is 9.47 Å². The zero-order valence-electron chi connectivity index (χ0n) is 24.7. The van der Waals surface area contributed by atoms with E-state index in [1.54, 1.807) is 13.8 Å². The van der Waals surface area contributed by atoms with Gasteiger partial charge in [0.2, 0.25) is 0 Å². The lowest BCUT2D eigenvalue weighted by atomic mass is 9.32. The van der Waals surface area contributed by atoms with Crippen molar-refractivity contribution in [1.29, 1.82) is 0 Å². The van der Waals surface area contributed by atoms with Crippen molar-refractivity contribution in [3.8, 4) is 0 Å². The SMILES string of the molecule is C=C[C@@H]1CC[C@@]2(COC(C)=O)CC[C@]3(C)[C@H](CC[C@H]4[C@@]5(C)CC[C@H](OC(C)=O)C(C)(C)[C@H]5CC[C@@]43C)[C@@H]12. The summed E-state index contributed by atoms with van der Waals surface area (Å²) in [5, 5.41) is 0. The van der Waals surface area contributed by atoms with Crippen LogP contribution in [0.1, 0.15) is 113 Å². The fourth-order valence-corrected chi connectivity index (χ4v) is 11.9. The molecule has 0 spiro atoms. The Hall–Kier alpha value is -1.32. The molecule has 5 fully saturated rings. The first-order valence-electron chi connectivity index (χ1n) is 15.2. The van der Waals surface area contributed by atoms with Crippen molar-refractivity contribution in [1.82, 2.24) is 0 Å². The Morgan fingerprint density at radius 2 is 1.54 bits per heavy atom. The molecular formula is C33H52O4. The van der Waals surface area contributed by atoms with Crippen molar-refractivity contribution >= 4 is 11.9 Å². The Bertz CT molecular complexity index is 954. The van der Waals surface area contributed by atoms with Crippen LogP contribution in [0.2, 0.25) is 0 Å². The molecule has 0 radical (unpaired) electrons. The molecule has 0 aliphatic heterocycles. The van der Waals surface area contributed by atoms with Crippen LogP contribution in [-0.4, -0.2) is 24.6 Å². The number of esters is 2. The van der Waals surface area contributed by atoms with E-state index in [0.29, 0.717) is 41.6 Å². The normalized spacial score (nSPS) is 50.0. The number of rotatable bonds is 4. The van der Waals surface area contributed by atoms with Gasteiger partial charge in [0.25, 0.3) is 0 Å². The van der Waals surface area contributed by atoms with Gasteiger partial charge in [-0.25, -0.2) is 0 Å². The zero-order chi connectivity index (χ0) is 27.0. The molecule has 0 N–H and O–H groups in total. The van der Waals surface area contributed by atoms with Crippen molar-refractivity contribution < 1.29 is 19.1 Å². The smallest absolute Gasteiger partial charge is 0.302 e. The third-order valence-electron chi connectivity index (χ3n) is 13.8. The number of hydrogen-bond acceptors (Lipinski definition) is 4. The molecule has 5 saturated carbocycles. The maximum atomic E-state index is 11.9. The molecule has 0 unspecified atom stereocenters. The predicted molar refractivity (Wildman–Crippen MR) is 147 cm³/mol. The number of hydrogen-bond donors (Lipinski definition) is 0. The summed E-state index contributed by atoms with van der Waals surface area (Å²) in [6.07, 6.45) is 14.2. The molecule has 5 aliphatic carbocycles. The fourth-order valence-electron chi connectivity index (χ4n) is 11.9. The van der Waals surface area contributed by atoms with Gasteiger partial charge in [0.1, 0.15) is 6.10 Å². The highest BCUT2D eigenvalue weighted by atomic mass is 16.5. The largest absolute Gasteiger partial charge is 0.465 e. The molecule has 0 aromatic heterocycles. The van der Waals surface area contributed by atoms with Gasteiger partial charge in [-0.15, -0.1) is 6.58 Å². The van der Waals surface area contributed by atoms with Gasteiger partial charge in [0.05, 0.1) is 6.61 Å². The summed E-state index contributed by atoms with van der Waals surface area (Å²) in [7, 11) is 0. The monoisotopic (exact) mass is 512 g/mol. The van der Waals surface area contributed by atoms with E-state index >= 15 is 0 Å². The van der Waals surface area contributed by atoms with Crippen LogP contribution < -0.4 is 0 Å². The quantitative estimate of drug-likeness (QED) is 0.285.